The second kappa shape index (κ2) is 13.3. The third-order valence-corrected chi connectivity index (χ3v) is 4.84. The molecule has 4 rings (SSSR count). The molecule has 0 spiro atoms. The van der Waals surface area contributed by atoms with Crippen molar-refractivity contribution in [3.05, 3.63) is 77.6 Å². The molecule has 0 atom stereocenters. The fourth-order valence-electron chi connectivity index (χ4n) is 3.20. The number of nitrogens with zero attached hydrogens (tertiary/aromatic N) is 2. The number of anilines is 1. The number of Topliss-reactive ketones (excluding diaryl/α,β-unsaturated/α-hetero) is 1. The second-order valence-corrected chi connectivity index (χ2v) is 6.66. The standard InChI is InChI=1S/C14H10N2O.C10H15N.2ClH.Fe/c1-9(17)12-7-6-11-5-4-10-3-2-8-15-13(10)14(11)16-12;1-3-8-6-5-7-9(4-2)10(8)11;;;/h2-8H,1H3;5-7H,3-4,11H2,1-2H3;2*1H;/q;;;;+2/p-2. The van der Waals surface area contributed by atoms with Gasteiger partial charge in [0, 0.05) is 29.6 Å². The summed E-state index contributed by atoms with van der Waals surface area (Å²) in [7, 11) is 0. The predicted octanol–water partition coefficient (Wildman–Crippen LogP) is -0.615. The van der Waals surface area contributed by atoms with Crippen molar-refractivity contribution < 1.29 is 46.7 Å². The summed E-state index contributed by atoms with van der Waals surface area (Å²) in [5.74, 6) is -0.0279. The number of aryl methyl sites for hydroxylation is 2. The SMILES string of the molecule is CC(=O)c1ccc2ccc3cccnc3c2n1.CCc1cccc(CC)c1N.[Cl-].[Cl-].[Fe+2]. The summed E-state index contributed by atoms with van der Waals surface area (Å²) >= 11 is 0. The number of hydrogen-bond acceptors (Lipinski definition) is 4. The molecule has 0 unspecified atom stereocenters. The number of nitrogen functional groups attached to an aromatic ring is 1. The Morgan fingerprint density at radius 2 is 1.39 bits per heavy atom. The topological polar surface area (TPSA) is 68.9 Å². The average molecular weight is 498 g/mol. The first-order valence-corrected chi connectivity index (χ1v) is 9.56. The van der Waals surface area contributed by atoms with E-state index < -0.39 is 0 Å². The number of hydrogen-bond donors (Lipinski definition) is 1. The van der Waals surface area contributed by atoms with E-state index in [2.05, 4.69) is 42.0 Å². The number of benzene rings is 2. The number of para-hydroxylation sites is 1. The van der Waals surface area contributed by atoms with Crippen LogP contribution in [0.1, 0.15) is 42.4 Å². The normalized spacial score (nSPS) is 9.52. The van der Waals surface area contributed by atoms with Gasteiger partial charge in [0.1, 0.15) is 5.69 Å². The molecule has 0 aliphatic carbocycles. The molecule has 0 radical (unpaired) electrons. The molecule has 0 amide bonds. The number of nitrogens with two attached hydrogens (primary N) is 1. The molecule has 4 nitrogen and oxygen atoms in total. The molecule has 0 aliphatic rings. The van der Waals surface area contributed by atoms with E-state index in [0.29, 0.717) is 5.69 Å². The van der Waals surface area contributed by atoms with E-state index in [1.165, 1.54) is 18.1 Å². The summed E-state index contributed by atoms with van der Waals surface area (Å²) in [6, 6.07) is 17.8. The molecule has 0 saturated carbocycles. The van der Waals surface area contributed by atoms with E-state index in [9.17, 15) is 4.79 Å². The van der Waals surface area contributed by atoms with E-state index in [4.69, 9.17) is 5.73 Å². The van der Waals surface area contributed by atoms with Crippen LogP contribution in [0.2, 0.25) is 0 Å². The molecule has 7 heteroatoms. The van der Waals surface area contributed by atoms with Gasteiger partial charge in [-0.15, -0.1) is 0 Å². The number of carbonyl (C=O) groups is 1. The van der Waals surface area contributed by atoms with Crippen LogP contribution in [0.15, 0.2) is 60.8 Å². The van der Waals surface area contributed by atoms with Crippen molar-refractivity contribution in [3.8, 4) is 0 Å². The molecule has 31 heavy (non-hydrogen) atoms. The van der Waals surface area contributed by atoms with Crippen molar-refractivity contribution in [1.29, 1.82) is 0 Å². The number of halogens is 2. The Morgan fingerprint density at radius 3 is 1.94 bits per heavy atom. The van der Waals surface area contributed by atoms with Crippen LogP contribution in [0.3, 0.4) is 0 Å². The molecule has 0 saturated heterocycles. The summed E-state index contributed by atoms with van der Waals surface area (Å²) in [5.41, 5.74) is 11.5. The minimum atomic E-state index is -0.0279. The summed E-state index contributed by atoms with van der Waals surface area (Å²) in [4.78, 5) is 20.1. The van der Waals surface area contributed by atoms with E-state index in [-0.39, 0.29) is 47.7 Å². The van der Waals surface area contributed by atoms with Gasteiger partial charge >= 0.3 is 17.1 Å². The number of pyridine rings is 2. The van der Waals surface area contributed by atoms with Gasteiger partial charge in [-0.25, -0.2) is 4.98 Å². The van der Waals surface area contributed by atoms with Crippen LogP contribution < -0.4 is 30.5 Å². The van der Waals surface area contributed by atoms with Crippen LogP contribution in [-0.4, -0.2) is 15.8 Å². The number of aromatic nitrogens is 2. The number of fused-ring (bicyclic) bond motifs is 3. The van der Waals surface area contributed by atoms with Gasteiger partial charge in [-0.2, -0.15) is 0 Å². The maximum atomic E-state index is 11.3. The van der Waals surface area contributed by atoms with Gasteiger partial charge < -0.3 is 30.5 Å². The molecule has 164 valence electrons. The Balaban J connectivity index is 0.000000572. The molecular formula is C24H25Cl2FeN3O. The largest absolute Gasteiger partial charge is 2.00 e. The molecular weight excluding hydrogens is 473 g/mol. The second-order valence-electron chi connectivity index (χ2n) is 6.66. The minimum Gasteiger partial charge on any atom is -1.00 e. The van der Waals surface area contributed by atoms with E-state index in [1.807, 2.05) is 30.3 Å². The van der Waals surface area contributed by atoms with Crippen molar-refractivity contribution in [2.45, 2.75) is 33.6 Å². The first-order chi connectivity index (χ1) is 13.5. The molecule has 0 fully saturated rings. The quantitative estimate of drug-likeness (QED) is 0.177. The molecule has 2 N–H and O–H groups in total. The smallest absolute Gasteiger partial charge is 1.00 e. The van der Waals surface area contributed by atoms with Gasteiger partial charge in [-0.3, -0.25) is 9.78 Å². The molecule has 4 aromatic rings. The Bertz CT molecular complexity index is 1130. The fourth-order valence-corrected chi connectivity index (χ4v) is 3.20. The third-order valence-electron chi connectivity index (χ3n) is 4.84. The van der Waals surface area contributed by atoms with E-state index in [1.54, 1.807) is 12.3 Å². The molecule has 2 aromatic carbocycles. The minimum absolute atomic E-state index is 0. The monoisotopic (exact) mass is 497 g/mol. The summed E-state index contributed by atoms with van der Waals surface area (Å²) in [6.45, 7) is 5.78. The third kappa shape index (κ3) is 6.65. The van der Waals surface area contributed by atoms with E-state index in [0.717, 1.165) is 40.3 Å². The Hall–Kier alpha value is -2.17. The van der Waals surface area contributed by atoms with Crippen LogP contribution in [0, 0.1) is 0 Å². The Kier molecular flexibility index (Phi) is 12.4. The fraction of sp³-hybridized carbons (Fsp3) is 0.208. The number of ketones is 1. The Labute approximate surface area is 206 Å². The van der Waals surface area contributed by atoms with Crippen molar-refractivity contribution in [2.24, 2.45) is 0 Å². The van der Waals surface area contributed by atoms with Crippen molar-refractivity contribution in [2.75, 3.05) is 5.73 Å². The number of rotatable bonds is 3. The summed E-state index contributed by atoms with van der Waals surface area (Å²) in [5, 5.41) is 2.04. The van der Waals surface area contributed by atoms with Crippen LogP contribution in [-0.2, 0) is 29.9 Å². The van der Waals surface area contributed by atoms with Gasteiger partial charge in [-0.1, -0.05) is 56.3 Å². The molecule has 2 heterocycles. The zero-order chi connectivity index (χ0) is 20.1. The zero-order valence-electron chi connectivity index (χ0n) is 17.7. The van der Waals surface area contributed by atoms with Gasteiger partial charge in [0.25, 0.3) is 0 Å². The summed E-state index contributed by atoms with van der Waals surface area (Å²) < 4.78 is 0. The predicted molar refractivity (Wildman–Crippen MR) is 117 cm³/mol. The van der Waals surface area contributed by atoms with Crippen molar-refractivity contribution in [1.82, 2.24) is 9.97 Å². The molecule has 0 aliphatic heterocycles. The molecule has 2 aromatic heterocycles. The van der Waals surface area contributed by atoms with Gasteiger partial charge in [-0.05, 0) is 36.1 Å². The zero-order valence-corrected chi connectivity index (χ0v) is 20.3. The van der Waals surface area contributed by atoms with Crippen LogP contribution in [0.25, 0.3) is 21.8 Å². The summed E-state index contributed by atoms with van der Waals surface area (Å²) in [6.07, 6.45) is 3.79. The maximum Gasteiger partial charge on any atom is 2.00 e. The van der Waals surface area contributed by atoms with E-state index >= 15 is 0 Å². The van der Waals surface area contributed by atoms with Crippen molar-refractivity contribution >= 4 is 33.3 Å². The van der Waals surface area contributed by atoms with Gasteiger partial charge in [0.2, 0.25) is 0 Å². The Morgan fingerprint density at radius 1 is 0.839 bits per heavy atom. The first-order valence-electron chi connectivity index (χ1n) is 9.56. The van der Waals surface area contributed by atoms with Crippen molar-refractivity contribution in [3.63, 3.8) is 0 Å². The average Bonchev–Trinajstić information content (AvgIpc) is 2.74. The van der Waals surface area contributed by atoms with Gasteiger partial charge in [0.05, 0.1) is 11.0 Å². The first kappa shape index (κ1) is 28.8. The van der Waals surface area contributed by atoms with Gasteiger partial charge in [0.15, 0.2) is 5.78 Å². The van der Waals surface area contributed by atoms with Crippen LogP contribution >= 0.6 is 0 Å². The molecule has 0 bridgehead atoms. The van der Waals surface area contributed by atoms with Crippen LogP contribution in [0.5, 0.6) is 0 Å². The number of carbonyl (C=O) groups excluding carboxylic acids is 1. The van der Waals surface area contributed by atoms with Crippen LogP contribution in [0.4, 0.5) is 5.69 Å². The maximum absolute atomic E-state index is 11.3.